The van der Waals surface area contributed by atoms with E-state index in [-0.39, 0.29) is 6.10 Å². The molecule has 1 aromatic heterocycles. The second-order valence-electron chi connectivity index (χ2n) is 3.84. The van der Waals surface area contributed by atoms with Gasteiger partial charge in [0.15, 0.2) is 6.10 Å². The Kier molecular flexibility index (Phi) is 3.40. The Hall–Kier alpha value is -1.87. The molecule has 6 heteroatoms. The summed E-state index contributed by atoms with van der Waals surface area (Å²) in [7, 11) is 1.82. The lowest BCUT2D eigenvalue weighted by molar-refractivity contribution is 0.0761. The van der Waals surface area contributed by atoms with E-state index in [0.717, 1.165) is 18.2 Å². The fourth-order valence-corrected chi connectivity index (χ4v) is 1.78. The lowest BCUT2D eigenvalue weighted by Crippen LogP contribution is -2.42. The van der Waals surface area contributed by atoms with E-state index >= 15 is 0 Å². The third kappa shape index (κ3) is 2.63. The number of anilines is 2. The first-order valence-electron chi connectivity index (χ1n) is 5.52. The van der Waals surface area contributed by atoms with Gasteiger partial charge in [-0.05, 0) is 6.92 Å². The Morgan fingerprint density at radius 1 is 1.59 bits per heavy atom. The Morgan fingerprint density at radius 2 is 2.41 bits per heavy atom. The van der Waals surface area contributed by atoms with Crippen LogP contribution in [0.5, 0.6) is 0 Å². The predicted molar refractivity (Wildman–Crippen MR) is 63.9 cm³/mol. The molecule has 0 amide bonds. The SMILES string of the molecule is CNc1cc(N2CCOC(C#N)C2)nc(C)n1. The molecule has 1 aliphatic rings. The van der Waals surface area contributed by atoms with E-state index < -0.39 is 0 Å². The topological polar surface area (TPSA) is 74.1 Å². The fraction of sp³-hybridized carbons (Fsp3) is 0.545. The van der Waals surface area contributed by atoms with Crippen molar-refractivity contribution in [1.29, 1.82) is 5.26 Å². The number of aromatic nitrogens is 2. The second kappa shape index (κ2) is 4.97. The van der Waals surface area contributed by atoms with Crippen LogP contribution in [-0.4, -0.2) is 42.8 Å². The molecule has 2 heterocycles. The van der Waals surface area contributed by atoms with Crippen molar-refractivity contribution >= 4 is 11.6 Å². The highest BCUT2D eigenvalue weighted by atomic mass is 16.5. The van der Waals surface area contributed by atoms with Crippen LogP contribution in [0, 0.1) is 18.3 Å². The van der Waals surface area contributed by atoms with Crippen molar-refractivity contribution in [3.05, 3.63) is 11.9 Å². The predicted octanol–water partition coefficient (Wildman–Crippen LogP) is 0.555. The molecule has 1 aromatic rings. The highest BCUT2D eigenvalue weighted by molar-refractivity contribution is 5.49. The normalized spacial score (nSPS) is 19.8. The molecule has 1 unspecified atom stereocenters. The Bertz CT molecular complexity index is 442. The van der Waals surface area contributed by atoms with Gasteiger partial charge in [-0.1, -0.05) is 0 Å². The maximum Gasteiger partial charge on any atom is 0.161 e. The minimum absolute atomic E-state index is 0.378. The molecule has 0 bridgehead atoms. The zero-order chi connectivity index (χ0) is 12.3. The average Bonchev–Trinajstić information content (AvgIpc) is 2.38. The first-order valence-corrected chi connectivity index (χ1v) is 5.52. The van der Waals surface area contributed by atoms with Gasteiger partial charge in [-0.25, -0.2) is 9.97 Å². The third-order valence-corrected chi connectivity index (χ3v) is 2.62. The van der Waals surface area contributed by atoms with Crippen molar-refractivity contribution in [3.8, 4) is 6.07 Å². The highest BCUT2D eigenvalue weighted by Gasteiger charge is 2.21. The van der Waals surface area contributed by atoms with E-state index in [9.17, 15) is 0 Å². The van der Waals surface area contributed by atoms with Gasteiger partial charge >= 0.3 is 0 Å². The molecule has 2 rings (SSSR count). The molecule has 1 atom stereocenters. The first kappa shape index (κ1) is 11.6. The van der Waals surface area contributed by atoms with Gasteiger partial charge < -0.3 is 15.0 Å². The van der Waals surface area contributed by atoms with Crippen molar-refractivity contribution in [2.24, 2.45) is 0 Å². The van der Waals surface area contributed by atoms with Crippen molar-refractivity contribution < 1.29 is 4.74 Å². The lowest BCUT2D eigenvalue weighted by Gasteiger charge is -2.30. The largest absolute Gasteiger partial charge is 0.373 e. The summed E-state index contributed by atoms with van der Waals surface area (Å²) < 4.78 is 5.30. The van der Waals surface area contributed by atoms with E-state index in [1.165, 1.54) is 0 Å². The molecule has 0 radical (unpaired) electrons. The summed E-state index contributed by atoms with van der Waals surface area (Å²) in [6.07, 6.45) is -0.378. The Morgan fingerprint density at radius 3 is 3.12 bits per heavy atom. The summed E-state index contributed by atoms with van der Waals surface area (Å²) in [6, 6.07) is 4.01. The fourth-order valence-electron chi connectivity index (χ4n) is 1.78. The van der Waals surface area contributed by atoms with Gasteiger partial charge in [-0.15, -0.1) is 0 Å². The molecular weight excluding hydrogens is 218 g/mol. The van der Waals surface area contributed by atoms with Crippen molar-refractivity contribution in [1.82, 2.24) is 9.97 Å². The Balaban J connectivity index is 2.21. The number of rotatable bonds is 2. The van der Waals surface area contributed by atoms with Gasteiger partial charge in [0.25, 0.3) is 0 Å². The van der Waals surface area contributed by atoms with Crippen LogP contribution in [0.3, 0.4) is 0 Å². The Labute approximate surface area is 100 Å². The summed E-state index contributed by atoms with van der Waals surface area (Å²) in [5.74, 6) is 2.34. The number of morpholine rings is 1. The molecule has 1 aliphatic heterocycles. The van der Waals surface area contributed by atoms with E-state index in [1.807, 2.05) is 24.9 Å². The number of nitriles is 1. The molecule has 1 N–H and O–H groups in total. The molecule has 0 saturated carbocycles. The minimum atomic E-state index is -0.378. The van der Waals surface area contributed by atoms with Crippen LogP contribution in [0.1, 0.15) is 5.82 Å². The van der Waals surface area contributed by atoms with Crippen molar-refractivity contribution in [2.75, 3.05) is 37.0 Å². The zero-order valence-electron chi connectivity index (χ0n) is 9.97. The van der Waals surface area contributed by atoms with E-state index in [4.69, 9.17) is 10.00 Å². The van der Waals surface area contributed by atoms with Crippen LogP contribution in [0.4, 0.5) is 11.6 Å². The number of nitrogens with one attached hydrogen (secondary N) is 1. The van der Waals surface area contributed by atoms with Crippen molar-refractivity contribution in [3.63, 3.8) is 0 Å². The number of hydrogen-bond donors (Lipinski definition) is 1. The lowest BCUT2D eigenvalue weighted by atomic mass is 10.3. The first-order chi connectivity index (χ1) is 8.22. The number of ether oxygens (including phenoxy) is 1. The van der Waals surface area contributed by atoms with Crippen LogP contribution in [-0.2, 0) is 4.74 Å². The van der Waals surface area contributed by atoms with Crippen LogP contribution in [0.25, 0.3) is 0 Å². The van der Waals surface area contributed by atoms with Gasteiger partial charge in [0.05, 0.1) is 19.2 Å². The van der Waals surface area contributed by atoms with Crippen LogP contribution < -0.4 is 10.2 Å². The molecule has 1 saturated heterocycles. The van der Waals surface area contributed by atoms with E-state index in [1.54, 1.807) is 0 Å². The maximum atomic E-state index is 8.86. The molecule has 90 valence electrons. The summed E-state index contributed by atoms with van der Waals surface area (Å²) in [4.78, 5) is 10.7. The quantitative estimate of drug-likeness (QED) is 0.804. The maximum absolute atomic E-state index is 8.86. The molecule has 0 aliphatic carbocycles. The molecule has 0 aromatic carbocycles. The average molecular weight is 233 g/mol. The minimum Gasteiger partial charge on any atom is -0.373 e. The van der Waals surface area contributed by atoms with Gasteiger partial charge in [0, 0.05) is 19.7 Å². The number of hydrogen-bond acceptors (Lipinski definition) is 6. The molecule has 1 fully saturated rings. The number of nitrogens with zero attached hydrogens (tertiary/aromatic N) is 4. The summed E-state index contributed by atoms with van der Waals surface area (Å²) in [5.41, 5.74) is 0. The van der Waals surface area contributed by atoms with Crippen LogP contribution in [0.15, 0.2) is 6.07 Å². The molecular formula is C11H15N5O. The van der Waals surface area contributed by atoms with Gasteiger partial charge in [0.1, 0.15) is 17.5 Å². The highest BCUT2D eigenvalue weighted by Crippen LogP contribution is 2.18. The summed E-state index contributed by atoms with van der Waals surface area (Å²) in [6.45, 7) is 3.70. The zero-order valence-corrected chi connectivity index (χ0v) is 9.97. The standard InChI is InChI=1S/C11H15N5O/c1-8-14-10(13-2)5-11(15-8)16-3-4-17-9(6-12)7-16/h5,9H,3-4,7H2,1-2H3,(H,13,14,15). The third-order valence-electron chi connectivity index (χ3n) is 2.62. The molecule has 17 heavy (non-hydrogen) atoms. The van der Waals surface area contributed by atoms with Gasteiger partial charge in [-0.2, -0.15) is 5.26 Å². The monoisotopic (exact) mass is 233 g/mol. The molecule has 6 nitrogen and oxygen atoms in total. The van der Waals surface area contributed by atoms with Gasteiger partial charge in [-0.3, -0.25) is 0 Å². The van der Waals surface area contributed by atoms with Crippen molar-refractivity contribution in [2.45, 2.75) is 13.0 Å². The second-order valence-corrected chi connectivity index (χ2v) is 3.84. The van der Waals surface area contributed by atoms with Crippen LogP contribution >= 0.6 is 0 Å². The van der Waals surface area contributed by atoms with Gasteiger partial charge in [0.2, 0.25) is 0 Å². The summed E-state index contributed by atoms with van der Waals surface area (Å²) >= 11 is 0. The van der Waals surface area contributed by atoms with E-state index in [2.05, 4.69) is 21.4 Å². The van der Waals surface area contributed by atoms with E-state index in [0.29, 0.717) is 19.0 Å². The van der Waals surface area contributed by atoms with Crippen LogP contribution in [0.2, 0.25) is 0 Å². The summed E-state index contributed by atoms with van der Waals surface area (Å²) in [5, 5.41) is 11.9. The number of aryl methyl sites for hydroxylation is 1. The molecule has 0 spiro atoms. The smallest absolute Gasteiger partial charge is 0.161 e.